The highest BCUT2D eigenvalue weighted by atomic mass is 32.2. The van der Waals surface area contributed by atoms with Gasteiger partial charge in [0.05, 0.1) is 0 Å². The van der Waals surface area contributed by atoms with Crippen LogP contribution in [0.2, 0.25) is 0 Å². The van der Waals surface area contributed by atoms with Gasteiger partial charge in [-0.3, -0.25) is 4.79 Å². The predicted octanol–water partition coefficient (Wildman–Crippen LogP) is 4.20. The highest BCUT2D eigenvalue weighted by molar-refractivity contribution is 7.89. The normalized spacial score (nSPS) is 15.6. The number of rotatable bonds is 6. The lowest BCUT2D eigenvalue weighted by atomic mass is 9.97. The molecule has 3 aromatic rings. The van der Waals surface area contributed by atoms with Gasteiger partial charge in [-0.05, 0) is 56.9 Å². The molecule has 9 heteroatoms. The predicted molar refractivity (Wildman–Crippen MR) is 130 cm³/mol. The van der Waals surface area contributed by atoms with E-state index in [1.54, 1.807) is 31.3 Å². The van der Waals surface area contributed by atoms with Crippen molar-refractivity contribution < 1.29 is 17.7 Å². The SMILES string of the molecule is Cc1ccc(/C=C/c2onc(C)c2S(=O)(=O)N2CCC(C(=O)Nc3ccc(C)cn3)CC2)cc1. The monoisotopic (exact) mass is 480 g/mol. The van der Waals surface area contributed by atoms with Crippen LogP contribution in [0.25, 0.3) is 12.2 Å². The van der Waals surface area contributed by atoms with Crippen molar-refractivity contribution in [2.75, 3.05) is 18.4 Å². The molecule has 1 aliphatic rings. The van der Waals surface area contributed by atoms with Gasteiger partial charge in [0.1, 0.15) is 11.5 Å². The summed E-state index contributed by atoms with van der Waals surface area (Å²) < 4.78 is 33.6. The number of benzene rings is 1. The molecule has 0 aliphatic carbocycles. The van der Waals surface area contributed by atoms with Gasteiger partial charge in [-0.2, -0.15) is 4.31 Å². The van der Waals surface area contributed by atoms with E-state index in [1.165, 1.54) is 4.31 Å². The maximum Gasteiger partial charge on any atom is 0.248 e. The summed E-state index contributed by atoms with van der Waals surface area (Å²) in [6.45, 7) is 6.04. The summed E-state index contributed by atoms with van der Waals surface area (Å²) in [7, 11) is -3.82. The van der Waals surface area contributed by atoms with Crippen molar-refractivity contribution in [3.63, 3.8) is 0 Å². The first-order chi connectivity index (χ1) is 16.2. The van der Waals surface area contributed by atoms with Crippen molar-refractivity contribution in [1.82, 2.24) is 14.4 Å². The van der Waals surface area contributed by atoms with Crippen LogP contribution < -0.4 is 5.32 Å². The number of amides is 1. The van der Waals surface area contributed by atoms with E-state index in [0.29, 0.717) is 24.4 Å². The van der Waals surface area contributed by atoms with E-state index in [1.807, 2.05) is 44.2 Å². The zero-order valence-electron chi connectivity index (χ0n) is 19.5. The molecule has 1 amide bonds. The third-order valence-electron chi connectivity index (χ3n) is 5.92. The van der Waals surface area contributed by atoms with E-state index in [-0.39, 0.29) is 35.6 Å². The zero-order chi connectivity index (χ0) is 24.3. The number of nitrogens with one attached hydrogen (secondary N) is 1. The topological polar surface area (TPSA) is 105 Å². The van der Waals surface area contributed by atoms with Crippen molar-refractivity contribution in [3.05, 3.63) is 70.7 Å². The smallest absolute Gasteiger partial charge is 0.248 e. The lowest BCUT2D eigenvalue weighted by Gasteiger charge is -2.30. The number of nitrogens with zero attached hydrogens (tertiary/aromatic N) is 3. The van der Waals surface area contributed by atoms with Crippen molar-refractivity contribution in [2.45, 2.75) is 38.5 Å². The first-order valence-electron chi connectivity index (χ1n) is 11.2. The molecule has 8 nitrogen and oxygen atoms in total. The van der Waals surface area contributed by atoms with Gasteiger partial charge in [-0.1, -0.05) is 47.1 Å². The number of carbonyl (C=O) groups excluding carboxylic acids is 1. The first kappa shape index (κ1) is 23.8. The number of pyridine rings is 1. The molecule has 0 atom stereocenters. The Morgan fingerprint density at radius 2 is 1.71 bits per heavy atom. The minimum atomic E-state index is -3.82. The molecule has 34 heavy (non-hydrogen) atoms. The fraction of sp³-hybridized carbons (Fsp3) is 0.320. The maximum atomic E-state index is 13.4. The molecule has 0 radical (unpaired) electrons. The summed E-state index contributed by atoms with van der Waals surface area (Å²) >= 11 is 0. The van der Waals surface area contributed by atoms with Gasteiger partial charge in [0.25, 0.3) is 0 Å². The molecule has 178 valence electrons. The fourth-order valence-electron chi connectivity index (χ4n) is 3.91. The zero-order valence-corrected chi connectivity index (χ0v) is 20.3. The Hall–Kier alpha value is -3.30. The Kier molecular flexibility index (Phi) is 6.95. The molecule has 1 N–H and O–H groups in total. The number of hydrogen-bond donors (Lipinski definition) is 1. The molecular weight excluding hydrogens is 452 g/mol. The average Bonchev–Trinajstić information content (AvgIpc) is 3.21. The lowest BCUT2D eigenvalue weighted by Crippen LogP contribution is -2.41. The van der Waals surface area contributed by atoms with Gasteiger partial charge < -0.3 is 9.84 Å². The number of carbonyl (C=O) groups is 1. The Morgan fingerprint density at radius 3 is 2.35 bits per heavy atom. The number of sulfonamides is 1. The van der Waals surface area contributed by atoms with Crippen LogP contribution in [0.4, 0.5) is 5.82 Å². The Balaban J connectivity index is 1.44. The third-order valence-corrected chi connectivity index (χ3v) is 7.98. The molecule has 1 saturated heterocycles. The van der Waals surface area contributed by atoms with Crippen molar-refractivity contribution in [3.8, 4) is 0 Å². The van der Waals surface area contributed by atoms with Gasteiger partial charge in [-0.25, -0.2) is 13.4 Å². The van der Waals surface area contributed by atoms with Gasteiger partial charge in [0.2, 0.25) is 15.9 Å². The second-order valence-electron chi connectivity index (χ2n) is 8.59. The van der Waals surface area contributed by atoms with Crippen LogP contribution in [0.3, 0.4) is 0 Å². The molecule has 2 aromatic heterocycles. The number of aryl methyl sites for hydroxylation is 3. The lowest BCUT2D eigenvalue weighted by molar-refractivity contribution is -0.120. The molecule has 0 bridgehead atoms. The highest BCUT2D eigenvalue weighted by Gasteiger charge is 2.36. The van der Waals surface area contributed by atoms with E-state index >= 15 is 0 Å². The molecule has 1 aliphatic heterocycles. The summed E-state index contributed by atoms with van der Waals surface area (Å²) in [6, 6.07) is 11.5. The Bertz CT molecular complexity index is 1290. The second-order valence-corrected chi connectivity index (χ2v) is 10.5. The maximum absolute atomic E-state index is 13.4. The van der Waals surface area contributed by atoms with E-state index in [2.05, 4.69) is 15.5 Å². The van der Waals surface area contributed by atoms with Crippen molar-refractivity contribution in [2.24, 2.45) is 5.92 Å². The molecule has 0 spiro atoms. The summed E-state index contributed by atoms with van der Waals surface area (Å²) in [5.74, 6) is 0.273. The fourth-order valence-corrected chi connectivity index (χ4v) is 5.63. The first-order valence-corrected chi connectivity index (χ1v) is 12.6. The van der Waals surface area contributed by atoms with Crippen LogP contribution in [0, 0.1) is 26.7 Å². The van der Waals surface area contributed by atoms with Crippen molar-refractivity contribution >= 4 is 33.9 Å². The van der Waals surface area contributed by atoms with Crippen LogP contribution in [0.1, 0.15) is 41.0 Å². The van der Waals surface area contributed by atoms with Gasteiger partial charge in [0, 0.05) is 25.2 Å². The molecule has 3 heterocycles. The molecule has 0 unspecified atom stereocenters. The van der Waals surface area contributed by atoms with Crippen LogP contribution in [0.15, 0.2) is 52.0 Å². The van der Waals surface area contributed by atoms with Gasteiger partial charge >= 0.3 is 0 Å². The number of piperidine rings is 1. The van der Waals surface area contributed by atoms with Crippen molar-refractivity contribution in [1.29, 1.82) is 0 Å². The summed E-state index contributed by atoms with van der Waals surface area (Å²) in [5, 5.41) is 6.72. The summed E-state index contributed by atoms with van der Waals surface area (Å²) in [4.78, 5) is 16.9. The summed E-state index contributed by atoms with van der Waals surface area (Å²) in [5.41, 5.74) is 3.39. The van der Waals surface area contributed by atoms with Crippen LogP contribution in [0.5, 0.6) is 0 Å². The van der Waals surface area contributed by atoms with E-state index < -0.39 is 10.0 Å². The number of aromatic nitrogens is 2. The quantitative estimate of drug-likeness (QED) is 0.567. The van der Waals surface area contributed by atoms with E-state index in [4.69, 9.17) is 4.52 Å². The minimum absolute atomic E-state index is 0.0719. The minimum Gasteiger partial charge on any atom is -0.355 e. The van der Waals surface area contributed by atoms with Gasteiger partial charge in [-0.15, -0.1) is 0 Å². The molecule has 0 saturated carbocycles. The van der Waals surface area contributed by atoms with E-state index in [0.717, 1.165) is 16.7 Å². The highest BCUT2D eigenvalue weighted by Crippen LogP contribution is 2.29. The average molecular weight is 481 g/mol. The number of hydrogen-bond acceptors (Lipinski definition) is 6. The van der Waals surface area contributed by atoms with Gasteiger partial charge in [0.15, 0.2) is 10.7 Å². The van der Waals surface area contributed by atoms with E-state index in [9.17, 15) is 13.2 Å². The second kappa shape index (κ2) is 9.90. The number of anilines is 1. The van der Waals surface area contributed by atoms with Crippen LogP contribution in [-0.4, -0.2) is 41.9 Å². The Morgan fingerprint density at radius 1 is 1.03 bits per heavy atom. The van der Waals surface area contributed by atoms with Crippen LogP contribution >= 0.6 is 0 Å². The van der Waals surface area contributed by atoms with Crippen LogP contribution in [-0.2, 0) is 14.8 Å². The largest absolute Gasteiger partial charge is 0.355 e. The molecule has 1 fully saturated rings. The standard InChI is InChI=1S/C25H28N4O4S/c1-17-4-7-20(8-5-17)9-10-22-24(19(3)28-33-22)34(31,32)29-14-12-21(13-15-29)25(30)27-23-11-6-18(2)16-26-23/h4-11,16,21H,12-15H2,1-3H3,(H,26,27,30)/b10-9+. The Labute approximate surface area is 199 Å². The third kappa shape index (κ3) is 5.26. The summed E-state index contributed by atoms with van der Waals surface area (Å²) in [6.07, 6.45) is 5.98. The molecule has 4 rings (SSSR count). The molecule has 1 aromatic carbocycles. The molecular formula is C25H28N4O4S.